The van der Waals surface area contributed by atoms with Gasteiger partial charge in [0.1, 0.15) is 11.3 Å². The summed E-state index contributed by atoms with van der Waals surface area (Å²) in [7, 11) is 1.61. The van der Waals surface area contributed by atoms with Crippen molar-refractivity contribution < 1.29 is 13.9 Å². The first-order valence-corrected chi connectivity index (χ1v) is 8.44. The molecule has 0 saturated carbocycles. The van der Waals surface area contributed by atoms with Gasteiger partial charge in [-0.1, -0.05) is 35.9 Å². The van der Waals surface area contributed by atoms with Gasteiger partial charge in [-0.15, -0.1) is 0 Å². The van der Waals surface area contributed by atoms with Gasteiger partial charge in [0.05, 0.1) is 10.9 Å². The molecule has 4 nitrogen and oxygen atoms in total. The predicted octanol–water partition coefficient (Wildman–Crippen LogP) is 4.72. The average molecular weight is 357 g/mol. The molecule has 1 aromatic heterocycles. The van der Waals surface area contributed by atoms with Crippen molar-refractivity contribution in [2.45, 2.75) is 25.0 Å². The first kappa shape index (κ1) is 16.2. The smallest absolute Gasteiger partial charge is 0.343 e. The van der Waals surface area contributed by atoms with Crippen LogP contribution in [-0.4, -0.2) is 12.9 Å². The van der Waals surface area contributed by atoms with Crippen LogP contribution >= 0.6 is 11.6 Å². The molecular formula is C20H17ClO4. The fourth-order valence-corrected chi connectivity index (χ4v) is 3.51. The molecule has 0 radical (unpaired) electrons. The largest absolute Gasteiger partial charge is 0.461 e. The fourth-order valence-electron chi connectivity index (χ4n) is 3.38. The number of benzene rings is 2. The Morgan fingerprint density at radius 3 is 2.60 bits per heavy atom. The summed E-state index contributed by atoms with van der Waals surface area (Å²) in [6.45, 7) is 1.88. The first-order valence-electron chi connectivity index (χ1n) is 8.06. The van der Waals surface area contributed by atoms with Crippen molar-refractivity contribution in [3.05, 3.63) is 75.1 Å². The van der Waals surface area contributed by atoms with Gasteiger partial charge in [-0.05, 0) is 29.8 Å². The third kappa shape index (κ3) is 2.71. The maximum absolute atomic E-state index is 12.7. The quantitative estimate of drug-likeness (QED) is 0.623. The Labute approximate surface area is 149 Å². The van der Waals surface area contributed by atoms with Crippen molar-refractivity contribution >= 4 is 22.6 Å². The molecule has 2 heterocycles. The van der Waals surface area contributed by atoms with Crippen LogP contribution in [0.3, 0.4) is 0 Å². The summed E-state index contributed by atoms with van der Waals surface area (Å²) in [5, 5.41) is 1.41. The van der Waals surface area contributed by atoms with Crippen molar-refractivity contribution in [1.29, 1.82) is 0 Å². The molecule has 1 aliphatic rings. The molecule has 5 heteroatoms. The highest BCUT2D eigenvalue weighted by Gasteiger charge is 2.41. The zero-order valence-corrected chi connectivity index (χ0v) is 14.7. The van der Waals surface area contributed by atoms with Gasteiger partial charge in [0.25, 0.3) is 0 Å². The topological polar surface area (TPSA) is 48.7 Å². The van der Waals surface area contributed by atoms with E-state index in [9.17, 15) is 4.79 Å². The standard InChI is InChI=1S/C20H17ClO4/c1-20(23-2)11-15(12-7-9-13(21)10-8-12)17-18(25-20)14-5-3-4-6-16(14)24-19(17)22/h3-10,15H,11H2,1-2H3. The van der Waals surface area contributed by atoms with E-state index in [1.165, 1.54) is 0 Å². The lowest BCUT2D eigenvalue weighted by Gasteiger charge is -2.38. The number of hydrogen-bond donors (Lipinski definition) is 0. The Bertz CT molecular complexity index is 993. The first-order chi connectivity index (χ1) is 12.0. The Balaban J connectivity index is 2.00. The number of hydrogen-bond acceptors (Lipinski definition) is 4. The van der Waals surface area contributed by atoms with E-state index in [1.807, 2.05) is 49.4 Å². The maximum Gasteiger partial charge on any atom is 0.343 e. The molecule has 2 unspecified atom stereocenters. The van der Waals surface area contributed by atoms with Crippen LogP contribution in [0.15, 0.2) is 57.7 Å². The van der Waals surface area contributed by atoms with Gasteiger partial charge >= 0.3 is 5.63 Å². The molecule has 0 saturated heterocycles. The third-order valence-electron chi connectivity index (χ3n) is 4.74. The second-order valence-corrected chi connectivity index (χ2v) is 6.81. The molecule has 4 rings (SSSR count). The van der Waals surface area contributed by atoms with Crippen LogP contribution in [0, 0.1) is 0 Å². The fraction of sp³-hybridized carbons (Fsp3) is 0.250. The second-order valence-electron chi connectivity index (χ2n) is 6.38. The number of ether oxygens (including phenoxy) is 2. The van der Waals surface area contributed by atoms with Crippen molar-refractivity contribution in [2.75, 3.05) is 7.11 Å². The maximum atomic E-state index is 12.7. The van der Waals surface area contributed by atoms with Gasteiger partial charge in [0.2, 0.25) is 5.79 Å². The molecule has 0 spiro atoms. The third-order valence-corrected chi connectivity index (χ3v) is 5.00. The van der Waals surface area contributed by atoms with E-state index in [4.69, 9.17) is 25.5 Å². The van der Waals surface area contributed by atoms with Gasteiger partial charge in [-0.25, -0.2) is 4.79 Å². The van der Waals surface area contributed by atoms with Crippen LogP contribution in [0.25, 0.3) is 11.0 Å². The number of para-hydroxylation sites is 1. The van der Waals surface area contributed by atoms with Crippen molar-refractivity contribution in [3.63, 3.8) is 0 Å². The monoisotopic (exact) mass is 356 g/mol. The molecule has 0 bridgehead atoms. The highest BCUT2D eigenvalue weighted by atomic mass is 35.5. The van der Waals surface area contributed by atoms with E-state index in [2.05, 4.69) is 0 Å². The Morgan fingerprint density at radius 1 is 1.16 bits per heavy atom. The number of rotatable bonds is 2. The Kier molecular flexibility index (Phi) is 3.82. The summed E-state index contributed by atoms with van der Waals surface area (Å²) in [6.07, 6.45) is 0.501. The predicted molar refractivity (Wildman–Crippen MR) is 96.4 cm³/mol. The summed E-state index contributed by atoms with van der Waals surface area (Å²) in [5.41, 5.74) is 1.61. The summed E-state index contributed by atoms with van der Waals surface area (Å²) in [6, 6.07) is 14.8. The average Bonchev–Trinajstić information content (AvgIpc) is 2.62. The number of halogens is 1. The van der Waals surface area contributed by atoms with Crippen LogP contribution in [0.1, 0.15) is 30.4 Å². The van der Waals surface area contributed by atoms with Crippen molar-refractivity contribution in [2.24, 2.45) is 0 Å². The molecular weight excluding hydrogens is 340 g/mol. The molecule has 128 valence electrons. The molecule has 0 N–H and O–H groups in total. The van der Waals surface area contributed by atoms with Crippen molar-refractivity contribution in [1.82, 2.24) is 0 Å². The number of fused-ring (bicyclic) bond motifs is 3. The minimum atomic E-state index is -0.839. The Hall–Kier alpha value is -2.30. The van der Waals surface area contributed by atoms with Crippen LogP contribution < -0.4 is 10.4 Å². The Morgan fingerprint density at radius 2 is 1.88 bits per heavy atom. The van der Waals surface area contributed by atoms with Gasteiger partial charge in [0, 0.05) is 31.4 Å². The van der Waals surface area contributed by atoms with Crippen LogP contribution in [0.5, 0.6) is 5.75 Å². The molecule has 0 amide bonds. The summed E-state index contributed by atoms with van der Waals surface area (Å²) in [5.74, 6) is -0.511. The molecule has 25 heavy (non-hydrogen) atoms. The lowest BCUT2D eigenvalue weighted by atomic mass is 9.83. The molecule has 2 aromatic carbocycles. The number of methoxy groups -OCH3 is 1. The molecule has 0 aliphatic carbocycles. The molecule has 1 aliphatic heterocycles. The lowest BCUT2D eigenvalue weighted by molar-refractivity contribution is -0.163. The molecule has 3 aromatic rings. The summed E-state index contributed by atoms with van der Waals surface area (Å²) < 4.78 is 17.3. The zero-order chi connectivity index (χ0) is 17.6. The van der Waals surface area contributed by atoms with E-state index in [1.54, 1.807) is 13.2 Å². The summed E-state index contributed by atoms with van der Waals surface area (Å²) in [4.78, 5) is 12.7. The highest BCUT2D eigenvalue weighted by molar-refractivity contribution is 6.30. The van der Waals surface area contributed by atoms with E-state index in [-0.39, 0.29) is 11.5 Å². The zero-order valence-electron chi connectivity index (χ0n) is 13.9. The van der Waals surface area contributed by atoms with Crippen molar-refractivity contribution in [3.8, 4) is 5.75 Å². The van der Waals surface area contributed by atoms with E-state index in [0.717, 1.165) is 10.9 Å². The van der Waals surface area contributed by atoms with Crippen LogP contribution in [0.4, 0.5) is 0 Å². The van der Waals surface area contributed by atoms with Gasteiger partial charge < -0.3 is 13.9 Å². The molecule has 0 fully saturated rings. The van der Waals surface area contributed by atoms with E-state index < -0.39 is 5.79 Å². The van der Waals surface area contributed by atoms with Crippen LogP contribution in [-0.2, 0) is 4.74 Å². The lowest BCUT2D eigenvalue weighted by Crippen LogP contribution is -2.41. The van der Waals surface area contributed by atoms with E-state index >= 15 is 0 Å². The normalized spacial score (nSPS) is 22.4. The highest BCUT2D eigenvalue weighted by Crippen LogP contribution is 2.46. The van der Waals surface area contributed by atoms with Gasteiger partial charge in [-0.2, -0.15) is 0 Å². The minimum absolute atomic E-state index is 0.202. The summed E-state index contributed by atoms with van der Waals surface area (Å²) >= 11 is 6.01. The van der Waals surface area contributed by atoms with Gasteiger partial charge in [0.15, 0.2) is 0 Å². The minimum Gasteiger partial charge on any atom is -0.461 e. The van der Waals surface area contributed by atoms with Crippen LogP contribution in [0.2, 0.25) is 5.02 Å². The SMILES string of the molecule is COC1(C)CC(c2ccc(Cl)cc2)c2c(c3ccccc3oc2=O)O1. The second kappa shape index (κ2) is 5.90. The van der Waals surface area contributed by atoms with Gasteiger partial charge in [-0.3, -0.25) is 0 Å². The molecule has 2 atom stereocenters. The van der Waals surface area contributed by atoms with E-state index in [0.29, 0.717) is 28.3 Å².